The highest BCUT2D eigenvalue weighted by molar-refractivity contribution is 7.13. The third-order valence-electron chi connectivity index (χ3n) is 7.41. The summed E-state index contributed by atoms with van der Waals surface area (Å²) in [4.78, 5) is 55.5. The third kappa shape index (κ3) is 6.17. The molecule has 0 spiro atoms. The fourth-order valence-electron chi connectivity index (χ4n) is 5.07. The molecule has 6 rings (SSSR count). The predicted octanol–water partition coefficient (Wildman–Crippen LogP) is 6.96. The van der Waals surface area contributed by atoms with Gasteiger partial charge in [0.1, 0.15) is 16.4 Å². The van der Waals surface area contributed by atoms with Crippen LogP contribution < -0.4 is 16.2 Å². The summed E-state index contributed by atoms with van der Waals surface area (Å²) in [5, 5.41) is 34.5. The largest absolute Gasteiger partial charge is 0.493 e. The minimum absolute atomic E-state index is 0.0134. The van der Waals surface area contributed by atoms with Gasteiger partial charge >= 0.3 is 0 Å². The van der Waals surface area contributed by atoms with E-state index in [9.17, 15) is 24.3 Å². The van der Waals surface area contributed by atoms with Crippen molar-refractivity contribution in [1.82, 2.24) is 19.7 Å². The second kappa shape index (κ2) is 12.9. The minimum atomic E-state index is -0.760. The maximum absolute atomic E-state index is 14.0. The number of nitrogens with one attached hydrogen (secondary N) is 2. The molecule has 0 saturated heterocycles. The lowest BCUT2D eigenvalue weighted by Crippen LogP contribution is -2.27. The van der Waals surface area contributed by atoms with E-state index in [-0.39, 0.29) is 62.4 Å². The molecule has 0 atom stereocenters. The molecule has 4 aromatic heterocycles. The minimum Gasteiger partial charge on any atom is -0.493 e. The first-order chi connectivity index (χ1) is 23.8. The van der Waals surface area contributed by atoms with Crippen molar-refractivity contribution in [1.29, 1.82) is 0 Å². The number of imide groups is 1. The highest BCUT2D eigenvalue weighted by Crippen LogP contribution is 2.46. The van der Waals surface area contributed by atoms with Gasteiger partial charge in [0.05, 0.1) is 40.6 Å². The van der Waals surface area contributed by atoms with Crippen molar-refractivity contribution in [2.24, 2.45) is 15.6 Å². The van der Waals surface area contributed by atoms with Crippen LogP contribution in [-0.4, -0.2) is 42.4 Å². The van der Waals surface area contributed by atoms with Crippen LogP contribution in [0.3, 0.4) is 0 Å². The fraction of sp³-hybridized carbons (Fsp3) is 0.235. The number of aromatic hydroxyl groups is 1. The van der Waals surface area contributed by atoms with Gasteiger partial charge in [-0.25, -0.2) is 0 Å². The lowest BCUT2D eigenvalue weighted by atomic mass is 9.99. The van der Waals surface area contributed by atoms with Crippen LogP contribution in [0.2, 0.25) is 0 Å². The number of carbonyl (C=O) groups excluding carboxylic acids is 3. The van der Waals surface area contributed by atoms with Gasteiger partial charge in [0.2, 0.25) is 11.7 Å². The Labute approximate surface area is 288 Å². The lowest BCUT2D eigenvalue weighted by Gasteiger charge is -2.16. The average molecular weight is 695 g/mol. The molecular weight excluding hydrogens is 664 g/mol. The SMILES string of the molecule is CCn1c(O)c(N=Nc2c(Nc3ccco3)c(Nc3ccco3)cc3c2C(=O)N(C#CC(C)(C)C)C3=O)c(C)c(C(=O)c2nnc(C)s2)c1=O. The molecule has 0 radical (unpaired) electrons. The average Bonchev–Trinajstić information content (AvgIpc) is 3.88. The molecule has 1 aromatic carbocycles. The maximum atomic E-state index is 14.0. The number of amides is 2. The number of pyridine rings is 1. The zero-order valence-corrected chi connectivity index (χ0v) is 28.6. The van der Waals surface area contributed by atoms with E-state index in [1.807, 2.05) is 20.8 Å². The Morgan fingerprint density at radius 3 is 2.24 bits per heavy atom. The molecule has 0 unspecified atom stereocenters. The molecule has 0 fully saturated rings. The van der Waals surface area contributed by atoms with Crippen molar-refractivity contribution in [3.05, 3.63) is 85.5 Å². The summed E-state index contributed by atoms with van der Waals surface area (Å²) in [5.41, 5.74) is -1.68. The summed E-state index contributed by atoms with van der Waals surface area (Å²) < 4.78 is 12.0. The first-order valence-electron chi connectivity index (χ1n) is 15.3. The van der Waals surface area contributed by atoms with Gasteiger partial charge in [-0.3, -0.25) is 23.7 Å². The standard InChI is InChI=1S/C34H30N8O7S/c1-7-41-31(45)23(28(43)29-40-37-18(3)50-29)17(2)25(33(41)47)38-39-27-24-19(30(44)42(32(24)46)13-12-34(4,5)6)16-20(35-21-10-8-14-48-21)26(27)36-22-11-9-15-49-22/h8-11,14-16,35-36,47H,7H2,1-6H3. The number of benzene rings is 1. The van der Waals surface area contributed by atoms with Gasteiger partial charge < -0.3 is 24.6 Å². The number of rotatable bonds is 9. The molecular formula is C34H30N8O7S. The van der Waals surface area contributed by atoms with Gasteiger partial charge in [0.15, 0.2) is 16.8 Å². The quantitative estimate of drug-likeness (QED) is 0.0624. The summed E-state index contributed by atoms with van der Waals surface area (Å²) in [6.07, 6.45) is 2.88. The van der Waals surface area contributed by atoms with Crippen molar-refractivity contribution in [3.63, 3.8) is 0 Å². The summed E-state index contributed by atoms with van der Waals surface area (Å²) in [5.74, 6) is 0.759. The topological polar surface area (TPSA) is 198 Å². The molecule has 5 aromatic rings. The number of hydrogen-bond acceptors (Lipinski definition) is 14. The molecule has 3 N–H and O–H groups in total. The van der Waals surface area contributed by atoms with Gasteiger partial charge in [-0.2, -0.15) is 4.90 Å². The fourth-order valence-corrected chi connectivity index (χ4v) is 5.70. The molecule has 0 saturated carbocycles. The van der Waals surface area contributed by atoms with E-state index in [4.69, 9.17) is 8.83 Å². The number of aryl methyl sites for hydroxylation is 1. The molecule has 5 heterocycles. The number of carbonyl (C=O) groups is 3. The lowest BCUT2D eigenvalue weighted by molar-refractivity contribution is 0.0734. The Hall–Kier alpha value is -6.34. The Morgan fingerprint density at radius 1 is 1.00 bits per heavy atom. The van der Waals surface area contributed by atoms with Crippen LogP contribution in [0.1, 0.15) is 74.3 Å². The third-order valence-corrected chi connectivity index (χ3v) is 8.25. The van der Waals surface area contributed by atoms with Crippen LogP contribution in [0.5, 0.6) is 5.88 Å². The van der Waals surface area contributed by atoms with Gasteiger partial charge in [-0.15, -0.1) is 20.4 Å². The number of fused-ring (bicyclic) bond motifs is 1. The number of aromatic nitrogens is 3. The number of hydrogen-bond donors (Lipinski definition) is 3. The molecule has 50 heavy (non-hydrogen) atoms. The molecule has 15 nitrogen and oxygen atoms in total. The number of azo groups is 1. The van der Waals surface area contributed by atoms with Gasteiger partial charge in [0.25, 0.3) is 17.4 Å². The summed E-state index contributed by atoms with van der Waals surface area (Å²) in [6.45, 7) is 10.2. The molecule has 1 aliphatic rings. The number of furan rings is 2. The smallest absolute Gasteiger partial charge is 0.275 e. The van der Waals surface area contributed by atoms with Crippen LogP contribution in [-0.2, 0) is 6.54 Å². The van der Waals surface area contributed by atoms with Crippen LogP contribution >= 0.6 is 11.3 Å². The Bertz CT molecular complexity index is 2320. The Morgan fingerprint density at radius 2 is 1.66 bits per heavy atom. The second-order valence-electron chi connectivity index (χ2n) is 12.1. The number of ketones is 1. The molecule has 0 bridgehead atoms. The van der Waals surface area contributed by atoms with Crippen LogP contribution in [0.15, 0.2) is 66.7 Å². The van der Waals surface area contributed by atoms with Gasteiger partial charge in [0, 0.05) is 30.1 Å². The summed E-state index contributed by atoms with van der Waals surface area (Å²) in [6, 6.07) is 10.7. The molecule has 254 valence electrons. The van der Waals surface area contributed by atoms with E-state index in [2.05, 4.69) is 43.0 Å². The van der Waals surface area contributed by atoms with E-state index < -0.39 is 34.5 Å². The van der Waals surface area contributed by atoms with E-state index in [1.54, 1.807) is 38.1 Å². The van der Waals surface area contributed by atoms with Crippen LogP contribution in [0.25, 0.3) is 0 Å². The van der Waals surface area contributed by atoms with E-state index in [1.165, 1.54) is 25.5 Å². The molecule has 0 aliphatic carbocycles. The van der Waals surface area contributed by atoms with E-state index >= 15 is 0 Å². The van der Waals surface area contributed by atoms with Crippen molar-refractivity contribution < 1.29 is 28.3 Å². The van der Waals surface area contributed by atoms with Gasteiger partial charge in [-0.1, -0.05) is 17.3 Å². The normalized spacial score (nSPS) is 12.7. The second-order valence-corrected chi connectivity index (χ2v) is 13.3. The zero-order chi connectivity index (χ0) is 35.9. The number of anilines is 4. The summed E-state index contributed by atoms with van der Waals surface area (Å²) >= 11 is 1.01. The highest BCUT2D eigenvalue weighted by atomic mass is 32.1. The zero-order valence-electron chi connectivity index (χ0n) is 27.7. The molecule has 1 aliphatic heterocycles. The molecule has 2 amide bonds. The van der Waals surface area contributed by atoms with Gasteiger partial charge in [-0.05, 0) is 65.3 Å². The number of nitrogens with zero attached hydrogens (tertiary/aromatic N) is 6. The maximum Gasteiger partial charge on any atom is 0.275 e. The van der Waals surface area contributed by atoms with Crippen LogP contribution in [0.4, 0.5) is 34.5 Å². The highest BCUT2D eigenvalue weighted by Gasteiger charge is 2.40. The first kappa shape index (κ1) is 33.6. The molecule has 16 heteroatoms. The van der Waals surface area contributed by atoms with Crippen molar-refractivity contribution in [2.45, 2.75) is 48.1 Å². The Balaban J connectivity index is 1.60. The Kier molecular flexibility index (Phi) is 8.68. The van der Waals surface area contributed by atoms with E-state index in [0.717, 1.165) is 20.8 Å². The van der Waals surface area contributed by atoms with Crippen molar-refractivity contribution >= 4 is 63.5 Å². The monoisotopic (exact) mass is 694 g/mol. The predicted molar refractivity (Wildman–Crippen MR) is 183 cm³/mol. The summed E-state index contributed by atoms with van der Waals surface area (Å²) in [7, 11) is 0. The van der Waals surface area contributed by atoms with Crippen molar-refractivity contribution in [2.75, 3.05) is 10.6 Å². The first-order valence-corrected chi connectivity index (χ1v) is 16.1. The van der Waals surface area contributed by atoms with Crippen molar-refractivity contribution in [3.8, 4) is 17.8 Å². The van der Waals surface area contributed by atoms with Crippen LogP contribution in [0, 0.1) is 31.2 Å². The van der Waals surface area contributed by atoms with E-state index in [0.29, 0.717) is 10.9 Å².